The molecule has 2 aromatic rings. The van der Waals surface area contributed by atoms with Crippen molar-refractivity contribution in [1.29, 1.82) is 0 Å². The molecule has 0 aliphatic rings. The topological polar surface area (TPSA) is 66.9 Å². The summed E-state index contributed by atoms with van der Waals surface area (Å²) in [5.74, 6) is -0.0297. The number of alkyl halides is 3. The highest BCUT2D eigenvalue weighted by Crippen LogP contribution is 2.34. The molecule has 9 heteroatoms. The fraction of sp³-hybridized carbons (Fsp3) is 0.188. The average molecular weight is 371 g/mol. The van der Waals surface area contributed by atoms with Gasteiger partial charge in [-0.1, -0.05) is 17.7 Å². The fourth-order valence-corrected chi connectivity index (χ4v) is 2.10. The van der Waals surface area contributed by atoms with Crippen molar-refractivity contribution < 1.29 is 18.0 Å². The quantitative estimate of drug-likeness (QED) is 0.777. The zero-order chi connectivity index (χ0) is 18.6. The van der Waals surface area contributed by atoms with Gasteiger partial charge in [0.25, 0.3) is 5.91 Å². The van der Waals surface area contributed by atoms with Crippen LogP contribution in [0, 0.1) is 6.92 Å². The van der Waals surface area contributed by atoms with Crippen molar-refractivity contribution in [1.82, 2.24) is 15.3 Å². The molecule has 2 N–H and O–H groups in total. The maximum atomic E-state index is 12.8. The van der Waals surface area contributed by atoms with E-state index in [0.717, 1.165) is 18.2 Å². The monoisotopic (exact) mass is 370 g/mol. The van der Waals surface area contributed by atoms with Crippen LogP contribution in [-0.4, -0.2) is 22.4 Å². The highest BCUT2D eigenvalue weighted by atomic mass is 35.5. The van der Waals surface area contributed by atoms with E-state index in [1.807, 2.05) is 0 Å². The molecule has 0 bridgehead atoms. The summed E-state index contributed by atoms with van der Waals surface area (Å²) in [5.41, 5.74) is -0.763. The Morgan fingerprint density at radius 3 is 2.68 bits per heavy atom. The third-order valence-corrected chi connectivity index (χ3v) is 3.36. The van der Waals surface area contributed by atoms with Gasteiger partial charge in [-0.15, -0.1) is 6.58 Å². The van der Waals surface area contributed by atoms with Gasteiger partial charge in [-0.3, -0.25) is 4.79 Å². The molecular formula is C16H14ClF3N4O. The number of aromatic nitrogens is 2. The van der Waals surface area contributed by atoms with Crippen molar-refractivity contribution in [2.24, 2.45) is 0 Å². The van der Waals surface area contributed by atoms with E-state index >= 15 is 0 Å². The Morgan fingerprint density at radius 2 is 2.04 bits per heavy atom. The van der Waals surface area contributed by atoms with Crippen molar-refractivity contribution in [3.63, 3.8) is 0 Å². The number of amides is 1. The number of carbonyl (C=O) groups is 1. The van der Waals surface area contributed by atoms with E-state index < -0.39 is 17.6 Å². The first-order valence-electron chi connectivity index (χ1n) is 7.09. The summed E-state index contributed by atoms with van der Waals surface area (Å²) in [6.07, 6.45) is -2.99. The van der Waals surface area contributed by atoms with Crippen LogP contribution in [0.25, 0.3) is 0 Å². The minimum Gasteiger partial charge on any atom is -0.347 e. The van der Waals surface area contributed by atoms with Gasteiger partial charge in [-0.2, -0.15) is 13.2 Å². The zero-order valence-corrected chi connectivity index (χ0v) is 13.9. The Hall–Kier alpha value is -2.61. The van der Waals surface area contributed by atoms with E-state index in [1.165, 1.54) is 12.1 Å². The maximum absolute atomic E-state index is 12.8. The first-order chi connectivity index (χ1) is 11.7. The molecule has 1 aromatic carbocycles. The number of halogens is 4. The van der Waals surface area contributed by atoms with E-state index in [-0.39, 0.29) is 34.6 Å². The lowest BCUT2D eigenvalue weighted by atomic mass is 10.2. The standard InChI is InChI=1S/C16H14ClF3N4O/c1-3-6-21-15(25)13-8-14(23-9(2)22-13)24-12-7-10(16(18,19)20)4-5-11(12)17/h3-5,7-8H,1,6H2,2H3,(H,21,25)(H,22,23,24). The van der Waals surface area contributed by atoms with E-state index in [9.17, 15) is 18.0 Å². The van der Waals surface area contributed by atoms with Crippen molar-refractivity contribution in [3.05, 3.63) is 59.0 Å². The molecule has 0 atom stereocenters. The first-order valence-corrected chi connectivity index (χ1v) is 7.47. The summed E-state index contributed by atoms with van der Waals surface area (Å²) in [6.45, 7) is 5.30. The number of aryl methyl sites for hydroxylation is 1. The van der Waals surface area contributed by atoms with Gasteiger partial charge in [0, 0.05) is 12.6 Å². The summed E-state index contributed by atoms with van der Waals surface area (Å²) >= 11 is 5.94. The molecule has 132 valence electrons. The Morgan fingerprint density at radius 1 is 1.32 bits per heavy atom. The Labute approximate surface area is 146 Å². The minimum atomic E-state index is -4.50. The molecule has 0 radical (unpaired) electrons. The first kappa shape index (κ1) is 18.7. The molecule has 0 saturated heterocycles. The summed E-state index contributed by atoms with van der Waals surface area (Å²) in [4.78, 5) is 20.0. The number of hydrogen-bond donors (Lipinski definition) is 2. The Balaban J connectivity index is 2.33. The largest absolute Gasteiger partial charge is 0.416 e. The zero-order valence-electron chi connectivity index (χ0n) is 13.1. The van der Waals surface area contributed by atoms with Gasteiger partial charge < -0.3 is 10.6 Å². The molecule has 1 heterocycles. The van der Waals surface area contributed by atoms with Crippen LogP contribution >= 0.6 is 11.6 Å². The van der Waals surface area contributed by atoms with Crippen LogP contribution in [0.5, 0.6) is 0 Å². The number of rotatable bonds is 5. The number of nitrogens with zero attached hydrogens (tertiary/aromatic N) is 2. The second kappa shape index (κ2) is 7.52. The smallest absolute Gasteiger partial charge is 0.347 e. The van der Waals surface area contributed by atoms with Crippen molar-refractivity contribution in [2.45, 2.75) is 13.1 Å². The van der Waals surface area contributed by atoms with Crippen molar-refractivity contribution in [3.8, 4) is 0 Å². The molecule has 0 fully saturated rings. The van der Waals surface area contributed by atoms with Gasteiger partial charge in [-0.25, -0.2) is 9.97 Å². The van der Waals surface area contributed by atoms with Gasteiger partial charge in [0.2, 0.25) is 0 Å². The lowest BCUT2D eigenvalue weighted by molar-refractivity contribution is -0.137. The molecule has 0 aliphatic heterocycles. The van der Waals surface area contributed by atoms with Crippen LogP contribution in [0.15, 0.2) is 36.9 Å². The molecule has 0 aliphatic carbocycles. The highest BCUT2D eigenvalue weighted by Gasteiger charge is 2.31. The van der Waals surface area contributed by atoms with Crippen LogP contribution in [0.2, 0.25) is 5.02 Å². The third kappa shape index (κ3) is 4.93. The molecular weight excluding hydrogens is 357 g/mol. The number of carbonyl (C=O) groups excluding carboxylic acids is 1. The molecule has 1 aromatic heterocycles. The SMILES string of the molecule is C=CCNC(=O)c1cc(Nc2cc(C(F)(F)F)ccc2Cl)nc(C)n1. The lowest BCUT2D eigenvalue weighted by Crippen LogP contribution is -2.24. The van der Waals surface area contributed by atoms with E-state index in [4.69, 9.17) is 11.6 Å². The van der Waals surface area contributed by atoms with Crippen LogP contribution in [-0.2, 0) is 6.18 Å². The van der Waals surface area contributed by atoms with Crippen LogP contribution in [0.1, 0.15) is 21.9 Å². The summed E-state index contributed by atoms with van der Waals surface area (Å²) < 4.78 is 38.5. The second-order valence-electron chi connectivity index (χ2n) is 5.00. The maximum Gasteiger partial charge on any atom is 0.416 e. The Kier molecular flexibility index (Phi) is 5.63. The molecule has 0 saturated carbocycles. The third-order valence-electron chi connectivity index (χ3n) is 3.03. The molecule has 2 rings (SSSR count). The molecule has 5 nitrogen and oxygen atoms in total. The molecule has 1 amide bonds. The van der Waals surface area contributed by atoms with Gasteiger partial charge in [0.05, 0.1) is 16.3 Å². The predicted molar refractivity (Wildman–Crippen MR) is 89.0 cm³/mol. The van der Waals surface area contributed by atoms with E-state index in [1.54, 1.807) is 6.92 Å². The molecule has 25 heavy (non-hydrogen) atoms. The summed E-state index contributed by atoms with van der Waals surface area (Å²) in [5, 5.41) is 5.34. The summed E-state index contributed by atoms with van der Waals surface area (Å²) in [7, 11) is 0. The number of nitrogens with one attached hydrogen (secondary N) is 2. The van der Waals surface area contributed by atoms with Crippen molar-refractivity contribution in [2.75, 3.05) is 11.9 Å². The molecule has 0 spiro atoms. The van der Waals surface area contributed by atoms with E-state index in [0.29, 0.717) is 0 Å². The predicted octanol–water partition coefficient (Wildman–Crippen LogP) is 4.12. The summed E-state index contributed by atoms with van der Waals surface area (Å²) in [6, 6.07) is 4.21. The Bertz CT molecular complexity index is 808. The highest BCUT2D eigenvalue weighted by molar-refractivity contribution is 6.33. The normalized spacial score (nSPS) is 11.1. The van der Waals surface area contributed by atoms with Crippen LogP contribution in [0.3, 0.4) is 0 Å². The van der Waals surface area contributed by atoms with Gasteiger partial charge >= 0.3 is 6.18 Å². The van der Waals surface area contributed by atoms with Crippen LogP contribution in [0.4, 0.5) is 24.7 Å². The minimum absolute atomic E-state index is 0.0204. The average Bonchev–Trinajstić information content (AvgIpc) is 2.53. The molecule has 0 unspecified atom stereocenters. The fourth-order valence-electron chi connectivity index (χ4n) is 1.94. The van der Waals surface area contributed by atoms with E-state index in [2.05, 4.69) is 27.2 Å². The number of benzene rings is 1. The van der Waals surface area contributed by atoms with Gasteiger partial charge in [-0.05, 0) is 25.1 Å². The number of anilines is 2. The second-order valence-corrected chi connectivity index (χ2v) is 5.41. The number of hydrogen-bond acceptors (Lipinski definition) is 4. The lowest BCUT2D eigenvalue weighted by Gasteiger charge is -2.13. The van der Waals surface area contributed by atoms with Crippen molar-refractivity contribution >= 4 is 29.0 Å². The van der Waals surface area contributed by atoms with Gasteiger partial charge in [0.15, 0.2) is 0 Å². The van der Waals surface area contributed by atoms with Gasteiger partial charge in [0.1, 0.15) is 17.3 Å². The van der Waals surface area contributed by atoms with Crippen LogP contribution < -0.4 is 10.6 Å².